The maximum absolute atomic E-state index is 4.26. The Balaban J connectivity index is 2.20. The lowest BCUT2D eigenvalue weighted by Crippen LogP contribution is -2.28. The molecule has 3 heteroatoms. The molecule has 0 bridgehead atoms. The molecule has 2 rings (SSSR count). The van der Waals surface area contributed by atoms with Gasteiger partial charge in [0.05, 0.1) is 11.7 Å². The zero-order valence-electron chi connectivity index (χ0n) is 9.90. The van der Waals surface area contributed by atoms with Gasteiger partial charge in [-0.1, -0.05) is 19.8 Å². The van der Waals surface area contributed by atoms with Crippen molar-refractivity contribution in [2.24, 2.45) is 18.9 Å². The molecule has 1 N–H and O–H groups in total. The summed E-state index contributed by atoms with van der Waals surface area (Å²) in [4.78, 5) is 0. The summed E-state index contributed by atoms with van der Waals surface area (Å²) in [6.07, 6.45) is 5.99. The molecule has 1 aliphatic rings. The van der Waals surface area contributed by atoms with E-state index >= 15 is 0 Å². The summed E-state index contributed by atoms with van der Waals surface area (Å²) >= 11 is 0. The maximum atomic E-state index is 4.26. The van der Waals surface area contributed by atoms with Crippen LogP contribution in [0.1, 0.15) is 37.9 Å². The van der Waals surface area contributed by atoms with E-state index in [4.69, 9.17) is 0 Å². The summed E-state index contributed by atoms with van der Waals surface area (Å²) in [5.74, 6) is 1.60. The summed E-state index contributed by atoms with van der Waals surface area (Å²) in [6, 6.07) is 2.60. The fourth-order valence-corrected chi connectivity index (χ4v) is 2.94. The van der Waals surface area contributed by atoms with Crippen LogP contribution >= 0.6 is 0 Å². The Kier molecular flexibility index (Phi) is 3.10. The Hall–Kier alpha value is -0.830. The molecule has 1 heterocycles. The minimum atomic E-state index is 0.468. The Morgan fingerprint density at radius 1 is 1.53 bits per heavy atom. The van der Waals surface area contributed by atoms with E-state index in [2.05, 4.69) is 30.5 Å². The summed E-state index contributed by atoms with van der Waals surface area (Å²) in [5.41, 5.74) is 1.32. The SMILES string of the molecule is CNC(c1ccnn1C)C1CCCC1C. The molecule has 3 nitrogen and oxygen atoms in total. The van der Waals surface area contributed by atoms with E-state index in [1.54, 1.807) is 0 Å². The zero-order valence-corrected chi connectivity index (χ0v) is 9.90. The molecule has 1 fully saturated rings. The van der Waals surface area contributed by atoms with Gasteiger partial charge in [0.15, 0.2) is 0 Å². The lowest BCUT2D eigenvalue weighted by atomic mass is 9.88. The Bertz CT molecular complexity index is 318. The van der Waals surface area contributed by atoms with Gasteiger partial charge >= 0.3 is 0 Å². The quantitative estimate of drug-likeness (QED) is 0.822. The van der Waals surface area contributed by atoms with E-state index < -0.39 is 0 Å². The fraction of sp³-hybridized carbons (Fsp3) is 0.750. The predicted octanol–water partition coefficient (Wildman–Crippen LogP) is 2.12. The molecule has 0 amide bonds. The van der Waals surface area contributed by atoms with Crippen LogP contribution in [0.3, 0.4) is 0 Å². The van der Waals surface area contributed by atoms with Crippen LogP contribution in [0, 0.1) is 11.8 Å². The standard InChI is InChI=1S/C12H21N3/c1-9-5-4-6-10(9)12(13-2)11-7-8-14-15(11)3/h7-10,12-13H,4-6H2,1-3H3. The fourth-order valence-electron chi connectivity index (χ4n) is 2.94. The summed E-state index contributed by atoms with van der Waals surface area (Å²) in [7, 11) is 4.09. The van der Waals surface area contributed by atoms with Gasteiger partial charge in [-0.15, -0.1) is 0 Å². The van der Waals surface area contributed by atoms with Crippen LogP contribution in [0.5, 0.6) is 0 Å². The second-order valence-corrected chi connectivity index (χ2v) is 4.72. The second kappa shape index (κ2) is 4.35. The summed E-state index contributed by atoms with van der Waals surface area (Å²) < 4.78 is 1.99. The van der Waals surface area contributed by atoms with Crippen LogP contribution in [-0.4, -0.2) is 16.8 Å². The number of aromatic nitrogens is 2. The highest BCUT2D eigenvalue weighted by Crippen LogP contribution is 2.39. The average Bonchev–Trinajstić information content (AvgIpc) is 2.80. The summed E-state index contributed by atoms with van der Waals surface area (Å²) in [6.45, 7) is 2.37. The lowest BCUT2D eigenvalue weighted by molar-refractivity contribution is 0.303. The van der Waals surface area contributed by atoms with Crippen molar-refractivity contribution in [2.45, 2.75) is 32.2 Å². The van der Waals surface area contributed by atoms with Crippen LogP contribution in [0.25, 0.3) is 0 Å². The molecule has 3 atom stereocenters. The van der Waals surface area contributed by atoms with Gasteiger partial charge in [0.1, 0.15) is 0 Å². The van der Waals surface area contributed by atoms with E-state index in [9.17, 15) is 0 Å². The Labute approximate surface area is 91.9 Å². The molecule has 0 radical (unpaired) electrons. The molecule has 0 spiro atoms. The van der Waals surface area contributed by atoms with Crippen molar-refractivity contribution in [2.75, 3.05) is 7.05 Å². The number of hydrogen-bond acceptors (Lipinski definition) is 2. The molecule has 0 aliphatic heterocycles. The number of nitrogens with zero attached hydrogens (tertiary/aromatic N) is 2. The first-order chi connectivity index (χ1) is 7.24. The van der Waals surface area contributed by atoms with Crippen LogP contribution in [-0.2, 0) is 7.05 Å². The molecule has 1 saturated carbocycles. The van der Waals surface area contributed by atoms with Crippen molar-refractivity contribution in [1.82, 2.24) is 15.1 Å². The van der Waals surface area contributed by atoms with Gasteiger partial charge in [0, 0.05) is 13.2 Å². The van der Waals surface area contributed by atoms with E-state index in [0.717, 1.165) is 11.8 Å². The summed E-state index contributed by atoms with van der Waals surface area (Å²) in [5, 5.41) is 7.72. The molecular formula is C12H21N3. The average molecular weight is 207 g/mol. The monoisotopic (exact) mass is 207 g/mol. The van der Waals surface area contributed by atoms with Gasteiger partial charge in [-0.25, -0.2) is 0 Å². The van der Waals surface area contributed by atoms with Gasteiger partial charge < -0.3 is 5.32 Å². The number of nitrogens with one attached hydrogen (secondary N) is 1. The van der Waals surface area contributed by atoms with Crippen molar-refractivity contribution < 1.29 is 0 Å². The largest absolute Gasteiger partial charge is 0.311 e. The first kappa shape index (κ1) is 10.7. The maximum Gasteiger partial charge on any atom is 0.0553 e. The minimum absolute atomic E-state index is 0.468. The van der Waals surface area contributed by atoms with Crippen LogP contribution in [0.4, 0.5) is 0 Å². The van der Waals surface area contributed by atoms with Gasteiger partial charge in [0.2, 0.25) is 0 Å². The highest BCUT2D eigenvalue weighted by atomic mass is 15.3. The van der Waals surface area contributed by atoms with Gasteiger partial charge in [-0.05, 0) is 31.4 Å². The first-order valence-electron chi connectivity index (χ1n) is 5.89. The highest BCUT2D eigenvalue weighted by molar-refractivity contribution is 5.09. The number of rotatable bonds is 3. The Morgan fingerprint density at radius 3 is 2.80 bits per heavy atom. The van der Waals surface area contributed by atoms with E-state index in [-0.39, 0.29) is 0 Å². The second-order valence-electron chi connectivity index (χ2n) is 4.72. The van der Waals surface area contributed by atoms with Crippen molar-refractivity contribution in [3.8, 4) is 0 Å². The third kappa shape index (κ3) is 1.93. The lowest BCUT2D eigenvalue weighted by Gasteiger charge is -2.26. The zero-order chi connectivity index (χ0) is 10.8. The molecule has 1 aromatic rings. The van der Waals surface area contributed by atoms with E-state index in [0.29, 0.717) is 6.04 Å². The number of aryl methyl sites for hydroxylation is 1. The first-order valence-corrected chi connectivity index (χ1v) is 5.89. The minimum Gasteiger partial charge on any atom is -0.311 e. The van der Waals surface area contributed by atoms with Crippen LogP contribution < -0.4 is 5.32 Å². The van der Waals surface area contributed by atoms with Gasteiger partial charge in [0.25, 0.3) is 0 Å². The Morgan fingerprint density at radius 2 is 2.33 bits per heavy atom. The highest BCUT2D eigenvalue weighted by Gasteiger charge is 2.32. The van der Waals surface area contributed by atoms with Crippen LogP contribution in [0.15, 0.2) is 12.3 Å². The van der Waals surface area contributed by atoms with Crippen molar-refractivity contribution in [1.29, 1.82) is 0 Å². The molecule has 15 heavy (non-hydrogen) atoms. The molecule has 1 aliphatic carbocycles. The molecule has 84 valence electrons. The predicted molar refractivity (Wildman–Crippen MR) is 61.5 cm³/mol. The van der Waals surface area contributed by atoms with Crippen molar-refractivity contribution >= 4 is 0 Å². The molecular weight excluding hydrogens is 186 g/mol. The normalized spacial score (nSPS) is 28.2. The van der Waals surface area contributed by atoms with Gasteiger partial charge in [-0.2, -0.15) is 5.10 Å². The van der Waals surface area contributed by atoms with Crippen molar-refractivity contribution in [3.05, 3.63) is 18.0 Å². The topological polar surface area (TPSA) is 29.9 Å². The number of hydrogen-bond donors (Lipinski definition) is 1. The molecule has 1 aromatic heterocycles. The smallest absolute Gasteiger partial charge is 0.0553 e. The van der Waals surface area contributed by atoms with Gasteiger partial charge in [-0.3, -0.25) is 4.68 Å². The third-order valence-electron chi connectivity index (χ3n) is 3.84. The third-order valence-corrected chi connectivity index (χ3v) is 3.84. The van der Waals surface area contributed by atoms with E-state index in [1.807, 2.05) is 17.9 Å². The van der Waals surface area contributed by atoms with Crippen molar-refractivity contribution in [3.63, 3.8) is 0 Å². The van der Waals surface area contributed by atoms with E-state index in [1.165, 1.54) is 25.0 Å². The molecule has 0 aromatic carbocycles. The van der Waals surface area contributed by atoms with Crippen LogP contribution in [0.2, 0.25) is 0 Å². The molecule has 0 saturated heterocycles. The molecule has 3 unspecified atom stereocenters.